The maximum atomic E-state index is 13.8. The normalized spacial score (nSPS) is 20.3. The van der Waals surface area contributed by atoms with Crippen LogP contribution in [0.1, 0.15) is 18.0 Å². The molecule has 2 aliphatic rings. The third kappa shape index (κ3) is 5.36. The molecule has 0 amide bonds. The van der Waals surface area contributed by atoms with Crippen molar-refractivity contribution < 1.29 is 22.3 Å². The van der Waals surface area contributed by atoms with Crippen molar-refractivity contribution in [3.63, 3.8) is 0 Å². The zero-order valence-corrected chi connectivity index (χ0v) is 21.4. The number of halogens is 2. The highest BCUT2D eigenvalue weighted by Gasteiger charge is 2.45. The van der Waals surface area contributed by atoms with Gasteiger partial charge in [-0.1, -0.05) is 17.7 Å². The van der Waals surface area contributed by atoms with E-state index in [4.69, 9.17) is 27.8 Å². The fourth-order valence-corrected chi connectivity index (χ4v) is 5.79. The first-order valence-corrected chi connectivity index (χ1v) is 13.2. The molecule has 0 saturated carbocycles. The maximum absolute atomic E-state index is 13.8. The molecule has 0 unspecified atom stereocenters. The summed E-state index contributed by atoms with van der Waals surface area (Å²) in [6, 6.07) is 3.93. The Kier molecular flexibility index (Phi) is 8.23. The molecule has 2 aliphatic heterocycles. The van der Waals surface area contributed by atoms with E-state index < -0.39 is 33.9 Å². The van der Waals surface area contributed by atoms with Crippen LogP contribution >= 0.6 is 23.4 Å². The lowest BCUT2D eigenvalue weighted by Gasteiger charge is -2.32. The largest absolute Gasteiger partial charge is 0.466 e. The molecule has 1 saturated heterocycles. The standard InChI is InChI=1S/C22H21ClFN5O4S2/c1-5-34-21(26-2)20-27-19(15-7-6-13(24)10-16(15)23)18(22(30)33-3)17-11-14(12-28(17)20)29(9-8-25)35(4,31)32/h1,6-7,10,14,19H,9,11-12H2,2-4H3/b26-21-/t14-,19-/m0/s1. The number of carbonyl (C=O) groups is 1. The highest BCUT2D eigenvalue weighted by molar-refractivity contribution is 8.19. The van der Waals surface area contributed by atoms with Gasteiger partial charge in [0.2, 0.25) is 10.0 Å². The average Bonchev–Trinajstić information content (AvgIpc) is 3.23. The molecule has 13 heteroatoms. The zero-order valence-electron chi connectivity index (χ0n) is 19.0. The molecule has 1 fully saturated rings. The van der Waals surface area contributed by atoms with Gasteiger partial charge in [0.15, 0.2) is 5.84 Å². The molecule has 0 N–H and O–H groups in total. The van der Waals surface area contributed by atoms with Gasteiger partial charge in [-0.05, 0) is 29.1 Å². The number of nitrogens with zero attached hydrogens (tertiary/aromatic N) is 5. The zero-order chi connectivity index (χ0) is 25.9. The van der Waals surface area contributed by atoms with Crippen LogP contribution in [0.2, 0.25) is 5.02 Å². The minimum Gasteiger partial charge on any atom is -0.466 e. The number of methoxy groups -OCH3 is 1. The average molecular weight is 538 g/mol. The molecule has 0 bridgehead atoms. The van der Waals surface area contributed by atoms with Gasteiger partial charge >= 0.3 is 5.97 Å². The fourth-order valence-electron chi connectivity index (χ4n) is 4.09. The number of thioether (sulfide) groups is 1. The molecule has 2 heterocycles. The number of terminal acetylenes is 1. The quantitative estimate of drug-likeness (QED) is 0.180. The van der Waals surface area contributed by atoms with Gasteiger partial charge in [-0.3, -0.25) is 9.98 Å². The number of esters is 1. The van der Waals surface area contributed by atoms with Crippen LogP contribution in [-0.2, 0) is 19.6 Å². The van der Waals surface area contributed by atoms with Crippen molar-refractivity contribution in [3.8, 4) is 17.7 Å². The molecular weight excluding hydrogens is 517 g/mol. The molecule has 35 heavy (non-hydrogen) atoms. The van der Waals surface area contributed by atoms with Gasteiger partial charge in [-0.25, -0.2) is 17.6 Å². The van der Waals surface area contributed by atoms with Crippen LogP contribution in [0.5, 0.6) is 0 Å². The summed E-state index contributed by atoms with van der Waals surface area (Å²) in [5.74, 6) is -0.964. The van der Waals surface area contributed by atoms with Gasteiger partial charge in [0.25, 0.3) is 0 Å². The van der Waals surface area contributed by atoms with Crippen LogP contribution in [0.4, 0.5) is 4.39 Å². The number of sulfonamides is 1. The number of hydrogen-bond donors (Lipinski definition) is 0. The van der Waals surface area contributed by atoms with Crippen LogP contribution in [0, 0.1) is 28.8 Å². The second-order valence-corrected chi connectivity index (χ2v) is 10.7. The van der Waals surface area contributed by atoms with E-state index >= 15 is 0 Å². The summed E-state index contributed by atoms with van der Waals surface area (Å²) >= 11 is 7.30. The van der Waals surface area contributed by atoms with E-state index in [0.29, 0.717) is 22.1 Å². The van der Waals surface area contributed by atoms with E-state index in [-0.39, 0.29) is 30.1 Å². The summed E-state index contributed by atoms with van der Waals surface area (Å²) < 4.78 is 44.7. The van der Waals surface area contributed by atoms with Crippen molar-refractivity contribution in [1.29, 1.82) is 5.26 Å². The Balaban J connectivity index is 2.27. The number of aliphatic imine (C=N–C) groups is 2. The third-order valence-corrected chi connectivity index (χ3v) is 7.79. The summed E-state index contributed by atoms with van der Waals surface area (Å²) in [5.41, 5.74) is 0.904. The molecule has 0 spiro atoms. The summed E-state index contributed by atoms with van der Waals surface area (Å²) in [5, 5.41) is 12.1. The molecule has 9 nitrogen and oxygen atoms in total. The topological polar surface area (TPSA) is 115 Å². The van der Waals surface area contributed by atoms with E-state index in [1.165, 1.54) is 26.3 Å². The molecule has 2 atom stereocenters. The number of carbonyl (C=O) groups excluding carboxylic acids is 1. The van der Waals surface area contributed by atoms with Gasteiger partial charge in [-0.2, -0.15) is 9.57 Å². The first-order valence-electron chi connectivity index (χ1n) is 10.1. The maximum Gasteiger partial charge on any atom is 0.338 e. The summed E-state index contributed by atoms with van der Waals surface area (Å²) in [6.45, 7) is -0.275. The van der Waals surface area contributed by atoms with Crippen LogP contribution in [0.3, 0.4) is 0 Å². The summed E-state index contributed by atoms with van der Waals surface area (Å²) in [7, 11) is -1.02. The van der Waals surface area contributed by atoms with E-state index in [1.54, 1.807) is 4.90 Å². The van der Waals surface area contributed by atoms with Gasteiger partial charge in [0.1, 0.15) is 23.4 Å². The van der Waals surface area contributed by atoms with Crippen molar-refractivity contribution in [2.45, 2.75) is 18.5 Å². The number of benzene rings is 1. The third-order valence-electron chi connectivity index (χ3n) is 5.51. The Morgan fingerprint density at radius 2 is 2.23 bits per heavy atom. The second kappa shape index (κ2) is 10.8. The minimum absolute atomic E-state index is 0.0462. The lowest BCUT2D eigenvalue weighted by molar-refractivity contribution is -0.136. The number of amidine groups is 1. The number of hydrogen-bond acceptors (Lipinski definition) is 9. The number of nitriles is 1. The molecule has 0 aliphatic carbocycles. The van der Waals surface area contributed by atoms with Crippen molar-refractivity contribution in [2.24, 2.45) is 9.98 Å². The Morgan fingerprint density at radius 1 is 1.51 bits per heavy atom. The smallest absolute Gasteiger partial charge is 0.338 e. The fraction of sp³-hybridized carbons (Fsp3) is 0.364. The Bertz CT molecular complexity index is 1330. The predicted octanol–water partition coefficient (Wildman–Crippen LogP) is 2.57. The molecule has 0 radical (unpaired) electrons. The van der Waals surface area contributed by atoms with Crippen LogP contribution in [-0.4, -0.2) is 74.0 Å². The Hall–Kier alpha value is -2.90. The lowest BCUT2D eigenvalue weighted by Crippen LogP contribution is -2.43. The summed E-state index contributed by atoms with van der Waals surface area (Å²) in [6.07, 6.45) is 6.59. The van der Waals surface area contributed by atoms with Crippen molar-refractivity contribution >= 4 is 50.2 Å². The molecule has 3 rings (SSSR count). The van der Waals surface area contributed by atoms with E-state index in [2.05, 4.69) is 10.2 Å². The molecule has 1 aromatic carbocycles. The monoisotopic (exact) mass is 537 g/mol. The number of ether oxygens (including phenoxy) is 1. The molecule has 184 valence electrons. The second-order valence-electron chi connectivity index (χ2n) is 7.56. The first kappa shape index (κ1) is 26.7. The molecular formula is C22H21ClFN5O4S2. The minimum atomic E-state index is -3.75. The summed E-state index contributed by atoms with van der Waals surface area (Å²) in [4.78, 5) is 23.6. The van der Waals surface area contributed by atoms with Crippen molar-refractivity contribution in [1.82, 2.24) is 9.21 Å². The molecule has 1 aromatic rings. The SMILES string of the molecule is C#CS/C(=N\C)C1=N[C@@H](c2ccc(F)cc2Cl)C(C(=O)OC)=C2C[C@H](N(CC#N)S(C)(=O)=O)CN12. The Labute approximate surface area is 212 Å². The van der Waals surface area contributed by atoms with Crippen LogP contribution in [0.15, 0.2) is 39.5 Å². The lowest BCUT2D eigenvalue weighted by atomic mass is 9.94. The highest BCUT2D eigenvalue weighted by atomic mass is 35.5. The van der Waals surface area contributed by atoms with Crippen LogP contribution in [0.25, 0.3) is 0 Å². The molecule has 0 aromatic heterocycles. The highest BCUT2D eigenvalue weighted by Crippen LogP contribution is 2.43. The van der Waals surface area contributed by atoms with E-state index in [0.717, 1.165) is 28.4 Å². The van der Waals surface area contributed by atoms with Gasteiger partial charge in [0, 0.05) is 42.3 Å². The van der Waals surface area contributed by atoms with E-state index in [9.17, 15) is 22.9 Å². The van der Waals surface area contributed by atoms with Gasteiger partial charge in [-0.15, -0.1) is 6.42 Å². The van der Waals surface area contributed by atoms with Crippen molar-refractivity contribution in [3.05, 3.63) is 45.9 Å². The van der Waals surface area contributed by atoms with Gasteiger partial charge < -0.3 is 9.64 Å². The van der Waals surface area contributed by atoms with Gasteiger partial charge in [0.05, 0.1) is 25.0 Å². The van der Waals surface area contributed by atoms with Crippen LogP contribution < -0.4 is 0 Å². The Morgan fingerprint density at radius 3 is 2.77 bits per heavy atom. The van der Waals surface area contributed by atoms with E-state index in [1.807, 2.05) is 6.07 Å². The number of rotatable bonds is 6. The van der Waals surface area contributed by atoms with Crippen molar-refractivity contribution in [2.75, 3.05) is 33.5 Å². The predicted molar refractivity (Wildman–Crippen MR) is 133 cm³/mol. The number of fused-ring (bicyclic) bond motifs is 1. The first-order chi connectivity index (χ1) is 16.6.